The Morgan fingerprint density at radius 1 is 1.07 bits per heavy atom. The highest BCUT2D eigenvalue weighted by Gasteiger charge is 2.35. The van der Waals surface area contributed by atoms with Gasteiger partial charge in [0, 0.05) is 13.1 Å². The van der Waals surface area contributed by atoms with E-state index in [-0.39, 0.29) is 23.3 Å². The summed E-state index contributed by atoms with van der Waals surface area (Å²) in [7, 11) is -3.75. The monoisotopic (exact) mass is 430 g/mol. The predicted octanol–water partition coefficient (Wildman–Crippen LogP) is 0.511. The first-order valence-corrected chi connectivity index (χ1v) is 11.3. The van der Waals surface area contributed by atoms with Crippen molar-refractivity contribution < 1.29 is 18.0 Å². The van der Waals surface area contributed by atoms with E-state index in [1.54, 1.807) is 17.0 Å². The summed E-state index contributed by atoms with van der Waals surface area (Å²) in [6, 6.07) is 14.2. The summed E-state index contributed by atoms with van der Waals surface area (Å²) in [6.45, 7) is 0.723. The van der Waals surface area contributed by atoms with Crippen LogP contribution in [0.2, 0.25) is 0 Å². The van der Waals surface area contributed by atoms with Gasteiger partial charge in [0.25, 0.3) is 0 Å². The zero-order valence-corrected chi connectivity index (χ0v) is 17.3. The first-order chi connectivity index (χ1) is 14.3. The first kappa shape index (κ1) is 21.9. The van der Waals surface area contributed by atoms with Gasteiger partial charge in [0.05, 0.1) is 10.9 Å². The van der Waals surface area contributed by atoms with E-state index in [4.69, 9.17) is 10.9 Å². The number of hydrogen-bond donors (Lipinski definition) is 3. The van der Waals surface area contributed by atoms with Crippen LogP contribution in [0.4, 0.5) is 0 Å². The second-order valence-corrected chi connectivity index (χ2v) is 8.95. The van der Waals surface area contributed by atoms with Crippen molar-refractivity contribution in [2.75, 3.05) is 6.54 Å². The Labute approximate surface area is 176 Å². The van der Waals surface area contributed by atoms with Crippen LogP contribution in [0.25, 0.3) is 0 Å². The molecular formula is C21H26N4O4S. The van der Waals surface area contributed by atoms with Crippen LogP contribution in [0.3, 0.4) is 0 Å². The fourth-order valence-electron chi connectivity index (χ4n) is 3.58. The number of nitrogens with zero attached hydrogens (tertiary/aromatic N) is 1. The highest BCUT2D eigenvalue weighted by molar-refractivity contribution is 7.89. The minimum Gasteiger partial charge on any atom is -0.350 e. The maximum atomic E-state index is 12.8. The Morgan fingerprint density at radius 2 is 1.73 bits per heavy atom. The number of carbonyl (C=O) groups excluding carboxylic acids is 2. The summed E-state index contributed by atoms with van der Waals surface area (Å²) >= 11 is 0. The normalized spacial score (nSPS) is 17.5. The smallest absolute Gasteiger partial charge is 0.243 e. The summed E-state index contributed by atoms with van der Waals surface area (Å²) in [6.07, 6.45) is 1.74. The predicted molar refractivity (Wildman–Crippen MR) is 113 cm³/mol. The van der Waals surface area contributed by atoms with Crippen LogP contribution in [-0.2, 0) is 32.6 Å². The molecule has 30 heavy (non-hydrogen) atoms. The molecule has 2 amide bonds. The van der Waals surface area contributed by atoms with Crippen molar-refractivity contribution in [2.45, 2.75) is 42.8 Å². The fourth-order valence-corrected chi connectivity index (χ4v) is 4.09. The van der Waals surface area contributed by atoms with Gasteiger partial charge in [-0.05, 0) is 42.5 Å². The second kappa shape index (κ2) is 9.38. The standard InChI is InChI=1S/C21H26N4O4S/c22-18(13-15-5-2-1-3-6-15)21(27)25-12-4-7-19(25)20(26)24-14-16-8-10-17(11-9-16)30(23,28)29/h1-3,5-6,8-11,18-19H,4,7,12-14,22H2,(H,24,26)(H2,23,28,29)/t18-,19-/m1/s1. The Kier molecular flexibility index (Phi) is 6.86. The number of sulfonamides is 1. The highest BCUT2D eigenvalue weighted by atomic mass is 32.2. The van der Waals surface area contributed by atoms with Gasteiger partial charge in [-0.1, -0.05) is 42.5 Å². The van der Waals surface area contributed by atoms with Gasteiger partial charge in [0.2, 0.25) is 21.8 Å². The molecule has 8 nitrogen and oxygen atoms in total. The van der Waals surface area contributed by atoms with Crippen molar-refractivity contribution in [3.05, 3.63) is 65.7 Å². The van der Waals surface area contributed by atoms with Gasteiger partial charge in [-0.3, -0.25) is 9.59 Å². The molecule has 1 fully saturated rings. The molecule has 5 N–H and O–H groups in total. The number of likely N-dealkylation sites (tertiary alicyclic amines) is 1. The van der Waals surface area contributed by atoms with Gasteiger partial charge in [-0.15, -0.1) is 0 Å². The molecular weight excluding hydrogens is 404 g/mol. The second-order valence-electron chi connectivity index (χ2n) is 7.39. The molecule has 3 rings (SSSR count). The van der Waals surface area contributed by atoms with Gasteiger partial charge in [-0.2, -0.15) is 0 Å². The average Bonchev–Trinajstić information content (AvgIpc) is 3.21. The summed E-state index contributed by atoms with van der Waals surface area (Å²) < 4.78 is 22.6. The quantitative estimate of drug-likeness (QED) is 0.588. The molecule has 0 unspecified atom stereocenters. The molecule has 0 radical (unpaired) electrons. The van der Waals surface area contributed by atoms with Gasteiger partial charge in [0.1, 0.15) is 6.04 Å². The third-order valence-corrected chi connectivity index (χ3v) is 6.10. The van der Waals surface area contributed by atoms with Gasteiger partial charge >= 0.3 is 0 Å². The molecule has 2 atom stereocenters. The van der Waals surface area contributed by atoms with E-state index in [1.165, 1.54) is 12.1 Å². The number of hydrogen-bond acceptors (Lipinski definition) is 5. The molecule has 2 aromatic rings. The third-order valence-electron chi connectivity index (χ3n) is 5.17. The van der Waals surface area contributed by atoms with E-state index >= 15 is 0 Å². The van der Waals surface area contributed by atoms with Crippen molar-refractivity contribution >= 4 is 21.8 Å². The van der Waals surface area contributed by atoms with Gasteiger partial charge < -0.3 is 16.0 Å². The van der Waals surface area contributed by atoms with Crippen LogP contribution in [0.15, 0.2) is 59.5 Å². The number of nitrogens with two attached hydrogens (primary N) is 2. The Balaban J connectivity index is 1.57. The first-order valence-electron chi connectivity index (χ1n) is 9.75. The Hall–Kier alpha value is -2.75. The number of primary sulfonamides is 1. The topological polar surface area (TPSA) is 136 Å². The zero-order chi connectivity index (χ0) is 21.7. The van der Waals surface area contributed by atoms with Gasteiger partial charge in [0.15, 0.2) is 0 Å². The lowest BCUT2D eigenvalue weighted by atomic mass is 10.1. The number of nitrogens with one attached hydrogen (secondary N) is 1. The maximum Gasteiger partial charge on any atom is 0.243 e. The van der Waals surface area contributed by atoms with E-state index in [0.29, 0.717) is 19.4 Å². The lowest BCUT2D eigenvalue weighted by Crippen LogP contribution is -2.51. The lowest BCUT2D eigenvalue weighted by molar-refractivity contribution is -0.139. The van der Waals surface area contributed by atoms with E-state index in [1.807, 2.05) is 30.3 Å². The molecule has 1 aliphatic rings. The van der Waals surface area contributed by atoms with E-state index in [9.17, 15) is 18.0 Å². The Bertz CT molecular complexity index is 993. The lowest BCUT2D eigenvalue weighted by Gasteiger charge is -2.26. The minimum atomic E-state index is -3.75. The summed E-state index contributed by atoms with van der Waals surface area (Å²) in [4.78, 5) is 27.1. The van der Waals surface area contributed by atoms with Gasteiger partial charge in [-0.25, -0.2) is 13.6 Å². The Morgan fingerprint density at radius 3 is 2.37 bits per heavy atom. The SMILES string of the molecule is N[C@H](Cc1ccccc1)C(=O)N1CCC[C@@H]1C(=O)NCc1ccc(S(N)(=O)=O)cc1. The molecule has 1 heterocycles. The summed E-state index contributed by atoms with van der Waals surface area (Å²) in [5.74, 6) is -0.475. The number of rotatable bonds is 7. The average molecular weight is 431 g/mol. The van der Waals surface area contributed by atoms with Crippen LogP contribution < -0.4 is 16.2 Å². The molecule has 9 heteroatoms. The summed E-state index contributed by atoms with van der Waals surface area (Å²) in [5, 5.41) is 7.90. The molecule has 0 saturated carbocycles. The maximum absolute atomic E-state index is 12.8. The fraction of sp³-hybridized carbons (Fsp3) is 0.333. The highest BCUT2D eigenvalue weighted by Crippen LogP contribution is 2.19. The number of benzene rings is 2. The molecule has 160 valence electrons. The van der Waals surface area contributed by atoms with E-state index in [0.717, 1.165) is 17.5 Å². The minimum absolute atomic E-state index is 0.0116. The molecule has 0 spiro atoms. The summed E-state index contributed by atoms with van der Waals surface area (Å²) in [5.41, 5.74) is 7.83. The zero-order valence-electron chi connectivity index (χ0n) is 16.5. The van der Waals surface area contributed by atoms with Crippen molar-refractivity contribution in [1.29, 1.82) is 0 Å². The van der Waals surface area contributed by atoms with Crippen LogP contribution in [-0.4, -0.2) is 43.8 Å². The third kappa shape index (κ3) is 5.44. The van der Waals surface area contributed by atoms with Crippen molar-refractivity contribution in [3.63, 3.8) is 0 Å². The van der Waals surface area contributed by atoms with Crippen LogP contribution in [0, 0.1) is 0 Å². The van der Waals surface area contributed by atoms with E-state index < -0.39 is 22.1 Å². The molecule has 1 saturated heterocycles. The number of amides is 2. The largest absolute Gasteiger partial charge is 0.350 e. The molecule has 0 aromatic heterocycles. The van der Waals surface area contributed by atoms with Crippen molar-refractivity contribution in [1.82, 2.24) is 10.2 Å². The van der Waals surface area contributed by atoms with Crippen molar-refractivity contribution in [2.24, 2.45) is 10.9 Å². The van der Waals surface area contributed by atoms with Crippen LogP contribution in [0.5, 0.6) is 0 Å². The molecule has 0 bridgehead atoms. The number of carbonyl (C=O) groups is 2. The van der Waals surface area contributed by atoms with Crippen molar-refractivity contribution in [3.8, 4) is 0 Å². The van der Waals surface area contributed by atoms with E-state index in [2.05, 4.69) is 5.32 Å². The molecule has 0 aliphatic carbocycles. The van der Waals surface area contributed by atoms with Crippen LogP contribution in [0.1, 0.15) is 24.0 Å². The molecule has 1 aliphatic heterocycles. The molecule has 2 aromatic carbocycles. The van der Waals surface area contributed by atoms with Crippen LogP contribution >= 0.6 is 0 Å².